The van der Waals surface area contributed by atoms with Crippen molar-refractivity contribution in [2.45, 2.75) is 6.42 Å². The summed E-state index contributed by atoms with van der Waals surface area (Å²) in [6.07, 6.45) is 0.120. The van der Waals surface area contributed by atoms with Gasteiger partial charge in [0.25, 0.3) is 0 Å². The quantitative estimate of drug-likeness (QED) is 0.743. The highest BCUT2D eigenvalue weighted by atomic mass is 79.9. The first-order valence-corrected chi connectivity index (χ1v) is 6.99. The van der Waals surface area contributed by atoms with Crippen LogP contribution in [0.5, 0.6) is 5.75 Å². The van der Waals surface area contributed by atoms with Gasteiger partial charge in [-0.3, -0.25) is 4.79 Å². The van der Waals surface area contributed by atoms with Crippen molar-refractivity contribution < 1.29 is 13.9 Å². The summed E-state index contributed by atoms with van der Waals surface area (Å²) in [6, 6.07) is 9.44. The van der Waals surface area contributed by atoms with E-state index in [2.05, 4.69) is 15.9 Å². The third-order valence-electron chi connectivity index (χ3n) is 2.82. The number of Topliss-reactive ketones (excluding diaryl/α,β-unsaturated/α-hetero) is 1. The molecular weight excluding hydrogens is 347 g/mol. The number of hydrogen-bond acceptors (Lipinski definition) is 2. The Balaban J connectivity index is 2.19. The van der Waals surface area contributed by atoms with Crippen LogP contribution in [0, 0.1) is 5.82 Å². The summed E-state index contributed by atoms with van der Waals surface area (Å²) < 4.78 is 19.1. The highest BCUT2D eigenvalue weighted by Gasteiger charge is 2.11. The number of carbonyl (C=O) groups excluding carboxylic acids is 1. The second-order valence-corrected chi connectivity index (χ2v) is 5.46. The molecule has 0 fully saturated rings. The van der Waals surface area contributed by atoms with Gasteiger partial charge in [-0.1, -0.05) is 17.7 Å². The predicted molar refractivity (Wildman–Crippen MR) is 80.1 cm³/mol. The molecule has 2 nitrogen and oxygen atoms in total. The molecule has 2 rings (SSSR count). The first kappa shape index (κ1) is 15.0. The topological polar surface area (TPSA) is 26.3 Å². The van der Waals surface area contributed by atoms with Gasteiger partial charge in [0.1, 0.15) is 0 Å². The summed E-state index contributed by atoms with van der Waals surface area (Å²) in [4.78, 5) is 12.1. The number of hydrogen-bond donors (Lipinski definition) is 0. The van der Waals surface area contributed by atoms with Gasteiger partial charge in [0.05, 0.1) is 12.1 Å². The van der Waals surface area contributed by atoms with E-state index < -0.39 is 5.82 Å². The minimum atomic E-state index is -0.477. The SMILES string of the molecule is COc1ccc(CC(=O)c2ccc(Cl)c(Br)c2)cc1F. The molecule has 2 aromatic rings. The first-order chi connectivity index (χ1) is 9.51. The zero-order valence-electron chi connectivity index (χ0n) is 10.6. The Labute approximate surface area is 129 Å². The maximum Gasteiger partial charge on any atom is 0.167 e. The van der Waals surface area contributed by atoms with Gasteiger partial charge in [-0.05, 0) is 51.8 Å². The number of halogens is 3. The van der Waals surface area contributed by atoms with E-state index in [9.17, 15) is 9.18 Å². The van der Waals surface area contributed by atoms with Crippen LogP contribution in [0.2, 0.25) is 5.02 Å². The van der Waals surface area contributed by atoms with Crippen molar-refractivity contribution in [1.82, 2.24) is 0 Å². The zero-order valence-corrected chi connectivity index (χ0v) is 13.0. The number of benzene rings is 2. The summed E-state index contributed by atoms with van der Waals surface area (Å²) in [5.41, 5.74) is 1.12. The normalized spacial score (nSPS) is 10.4. The first-order valence-electron chi connectivity index (χ1n) is 5.82. The van der Waals surface area contributed by atoms with Gasteiger partial charge in [0, 0.05) is 16.5 Å². The van der Waals surface area contributed by atoms with E-state index in [0.29, 0.717) is 20.6 Å². The van der Waals surface area contributed by atoms with E-state index in [0.717, 1.165) is 0 Å². The van der Waals surface area contributed by atoms with Crippen molar-refractivity contribution in [3.63, 3.8) is 0 Å². The summed E-state index contributed by atoms with van der Waals surface area (Å²) >= 11 is 9.15. The lowest BCUT2D eigenvalue weighted by atomic mass is 10.0. The monoisotopic (exact) mass is 356 g/mol. The molecule has 0 aliphatic rings. The van der Waals surface area contributed by atoms with E-state index >= 15 is 0 Å². The number of methoxy groups -OCH3 is 1. The third-order valence-corrected chi connectivity index (χ3v) is 4.04. The lowest BCUT2D eigenvalue weighted by molar-refractivity contribution is 0.0993. The van der Waals surface area contributed by atoms with Gasteiger partial charge in [0.2, 0.25) is 0 Å². The molecule has 0 radical (unpaired) electrons. The summed E-state index contributed by atoms with van der Waals surface area (Å²) in [7, 11) is 1.40. The summed E-state index contributed by atoms with van der Waals surface area (Å²) in [5.74, 6) is -0.419. The molecule has 20 heavy (non-hydrogen) atoms. The summed E-state index contributed by atoms with van der Waals surface area (Å²) in [5, 5.41) is 0.539. The molecule has 0 amide bonds. The Bertz CT molecular complexity index is 658. The smallest absolute Gasteiger partial charge is 0.167 e. The average molecular weight is 358 g/mol. The Morgan fingerprint density at radius 3 is 2.65 bits per heavy atom. The highest BCUT2D eigenvalue weighted by molar-refractivity contribution is 9.10. The molecule has 0 spiro atoms. The van der Waals surface area contributed by atoms with E-state index in [-0.39, 0.29) is 18.0 Å². The molecule has 0 N–H and O–H groups in total. The van der Waals surface area contributed by atoms with Crippen molar-refractivity contribution in [3.05, 3.63) is 62.8 Å². The predicted octanol–water partition coefficient (Wildman–Crippen LogP) is 4.68. The summed E-state index contributed by atoms with van der Waals surface area (Å²) in [6.45, 7) is 0. The van der Waals surface area contributed by atoms with Crippen molar-refractivity contribution in [3.8, 4) is 5.75 Å². The van der Waals surface area contributed by atoms with E-state index in [1.165, 1.54) is 19.2 Å². The lowest BCUT2D eigenvalue weighted by Crippen LogP contribution is -2.04. The molecule has 0 aliphatic heterocycles. The van der Waals surface area contributed by atoms with Crippen LogP contribution in [0.25, 0.3) is 0 Å². The van der Waals surface area contributed by atoms with Crippen LogP contribution in [0.4, 0.5) is 4.39 Å². The second-order valence-electron chi connectivity index (χ2n) is 4.20. The second kappa shape index (κ2) is 6.37. The molecule has 0 bridgehead atoms. The minimum Gasteiger partial charge on any atom is -0.494 e. The van der Waals surface area contributed by atoms with Gasteiger partial charge in [0.15, 0.2) is 17.3 Å². The molecule has 5 heteroatoms. The molecule has 0 aromatic heterocycles. The van der Waals surface area contributed by atoms with Crippen molar-refractivity contribution in [2.24, 2.45) is 0 Å². The zero-order chi connectivity index (χ0) is 14.7. The Morgan fingerprint density at radius 2 is 2.05 bits per heavy atom. The molecule has 0 unspecified atom stereocenters. The molecule has 0 atom stereocenters. The van der Waals surface area contributed by atoms with Crippen LogP contribution in [0.15, 0.2) is 40.9 Å². The van der Waals surface area contributed by atoms with Gasteiger partial charge in [-0.2, -0.15) is 0 Å². The minimum absolute atomic E-state index is 0.105. The maximum absolute atomic E-state index is 13.6. The molecule has 0 saturated heterocycles. The number of carbonyl (C=O) groups is 1. The molecule has 104 valence electrons. The van der Waals surface area contributed by atoms with Crippen LogP contribution >= 0.6 is 27.5 Å². The van der Waals surface area contributed by atoms with Crippen molar-refractivity contribution >= 4 is 33.3 Å². The number of ether oxygens (including phenoxy) is 1. The fourth-order valence-corrected chi connectivity index (χ4v) is 2.27. The van der Waals surface area contributed by atoms with Gasteiger partial charge >= 0.3 is 0 Å². The van der Waals surface area contributed by atoms with Crippen LogP contribution in [0.1, 0.15) is 15.9 Å². The van der Waals surface area contributed by atoms with Gasteiger partial charge < -0.3 is 4.74 Å². The fraction of sp³-hybridized carbons (Fsp3) is 0.133. The van der Waals surface area contributed by atoms with Gasteiger partial charge in [-0.15, -0.1) is 0 Å². The Hall–Kier alpha value is -1.39. The van der Waals surface area contributed by atoms with Crippen LogP contribution in [-0.4, -0.2) is 12.9 Å². The fourth-order valence-electron chi connectivity index (χ4n) is 1.78. The molecule has 0 aliphatic carbocycles. The maximum atomic E-state index is 13.6. The molecular formula is C15H11BrClFO2. The van der Waals surface area contributed by atoms with E-state index in [4.69, 9.17) is 16.3 Å². The molecule has 2 aromatic carbocycles. The van der Waals surface area contributed by atoms with Crippen LogP contribution in [-0.2, 0) is 6.42 Å². The van der Waals surface area contributed by atoms with Crippen molar-refractivity contribution in [2.75, 3.05) is 7.11 Å². The average Bonchev–Trinajstić information content (AvgIpc) is 2.42. The van der Waals surface area contributed by atoms with Crippen LogP contribution < -0.4 is 4.74 Å². The van der Waals surface area contributed by atoms with E-state index in [1.54, 1.807) is 24.3 Å². The number of rotatable bonds is 4. The van der Waals surface area contributed by atoms with E-state index in [1.807, 2.05) is 0 Å². The standard InChI is InChI=1S/C15H11BrClFO2/c1-20-15-5-2-9(6-13(15)18)7-14(19)10-3-4-12(17)11(16)8-10/h2-6,8H,7H2,1H3. The van der Waals surface area contributed by atoms with Crippen molar-refractivity contribution in [1.29, 1.82) is 0 Å². The molecule has 0 saturated carbocycles. The Morgan fingerprint density at radius 1 is 1.30 bits per heavy atom. The largest absolute Gasteiger partial charge is 0.494 e. The van der Waals surface area contributed by atoms with Crippen LogP contribution in [0.3, 0.4) is 0 Å². The van der Waals surface area contributed by atoms with Gasteiger partial charge in [-0.25, -0.2) is 4.39 Å². The lowest BCUT2D eigenvalue weighted by Gasteiger charge is -2.06. The third kappa shape index (κ3) is 3.38. The molecule has 0 heterocycles. The Kier molecular flexibility index (Phi) is 4.78. The number of ketones is 1. The highest BCUT2D eigenvalue weighted by Crippen LogP contribution is 2.24.